The average molecular weight is 176 g/mol. The van der Waals surface area contributed by atoms with Gasteiger partial charge in [0.2, 0.25) is 0 Å². The SMILES string of the molecule is C#CC(C)C.C=C/C(C)=C(/C)C=C. The van der Waals surface area contributed by atoms with Crippen molar-refractivity contribution < 1.29 is 0 Å². The summed E-state index contributed by atoms with van der Waals surface area (Å²) in [5.41, 5.74) is 2.39. The third-order valence-corrected chi connectivity index (χ3v) is 1.57. The molecule has 0 rings (SSSR count). The van der Waals surface area contributed by atoms with Crippen molar-refractivity contribution in [2.24, 2.45) is 5.92 Å². The van der Waals surface area contributed by atoms with Crippen LogP contribution in [0.25, 0.3) is 0 Å². The molecule has 0 spiro atoms. The van der Waals surface area contributed by atoms with Crippen molar-refractivity contribution >= 4 is 0 Å². The highest BCUT2D eigenvalue weighted by molar-refractivity contribution is 5.27. The molecule has 0 aliphatic heterocycles. The zero-order chi connectivity index (χ0) is 10.9. The molecular formula is C13H20. The van der Waals surface area contributed by atoms with Crippen LogP contribution < -0.4 is 0 Å². The summed E-state index contributed by atoms with van der Waals surface area (Å²) in [6.45, 7) is 15.3. The topological polar surface area (TPSA) is 0 Å². The van der Waals surface area contributed by atoms with Gasteiger partial charge in [0.15, 0.2) is 0 Å². The lowest BCUT2D eigenvalue weighted by molar-refractivity contribution is 0.868. The molecule has 0 unspecified atom stereocenters. The number of allylic oxidation sites excluding steroid dienone is 4. The van der Waals surface area contributed by atoms with Crippen molar-refractivity contribution in [3.8, 4) is 12.3 Å². The predicted molar refractivity (Wildman–Crippen MR) is 62.4 cm³/mol. The zero-order valence-corrected chi connectivity index (χ0v) is 9.22. The second kappa shape index (κ2) is 8.87. The molecule has 0 N–H and O–H groups in total. The van der Waals surface area contributed by atoms with Gasteiger partial charge < -0.3 is 0 Å². The Morgan fingerprint density at radius 1 is 1.15 bits per heavy atom. The maximum atomic E-state index is 4.92. The van der Waals surface area contributed by atoms with Gasteiger partial charge >= 0.3 is 0 Å². The van der Waals surface area contributed by atoms with E-state index in [4.69, 9.17) is 6.42 Å². The molecule has 0 aliphatic rings. The van der Waals surface area contributed by atoms with Gasteiger partial charge in [0.1, 0.15) is 0 Å². The summed E-state index contributed by atoms with van der Waals surface area (Å²) >= 11 is 0. The first kappa shape index (κ1) is 14.3. The van der Waals surface area contributed by atoms with Gasteiger partial charge in [0.25, 0.3) is 0 Å². The number of hydrogen-bond donors (Lipinski definition) is 0. The van der Waals surface area contributed by atoms with E-state index in [2.05, 4.69) is 19.1 Å². The smallest absolute Gasteiger partial charge is 0.0143 e. The Kier molecular flexibility index (Phi) is 9.77. The second-order valence-corrected chi connectivity index (χ2v) is 3.10. The Morgan fingerprint density at radius 2 is 1.38 bits per heavy atom. The van der Waals surface area contributed by atoms with Crippen LogP contribution >= 0.6 is 0 Å². The maximum Gasteiger partial charge on any atom is 0.0143 e. The van der Waals surface area contributed by atoms with Gasteiger partial charge in [-0.25, -0.2) is 0 Å². The third-order valence-electron chi connectivity index (χ3n) is 1.57. The molecule has 0 aliphatic carbocycles. The number of terminal acetylenes is 1. The fraction of sp³-hybridized carbons (Fsp3) is 0.385. The molecule has 0 radical (unpaired) electrons. The van der Waals surface area contributed by atoms with Crippen molar-refractivity contribution in [1.82, 2.24) is 0 Å². The summed E-state index contributed by atoms with van der Waals surface area (Å²) in [6, 6.07) is 0. The minimum Gasteiger partial charge on any atom is -0.120 e. The van der Waals surface area contributed by atoms with Crippen LogP contribution in [0.5, 0.6) is 0 Å². The lowest BCUT2D eigenvalue weighted by atomic mass is 10.1. The van der Waals surface area contributed by atoms with Crippen LogP contribution in [0.15, 0.2) is 36.5 Å². The van der Waals surface area contributed by atoms with Crippen LogP contribution in [0, 0.1) is 18.3 Å². The first-order chi connectivity index (χ1) is 5.99. The Morgan fingerprint density at radius 3 is 1.46 bits per heavy atom. The molecule has 0 aromatic rings. The summed E-state index contributed by atoms with van der Waals surface area (Å²) in [6.07, 6.45) is 8.58. The fourth-order valence-electron chi connectivity index (χ4n) is 0.322. The molecular weight excluding hydrogens is 156 g/mol. The van der Waals surface area contributed by atoms with Gasteiger partial charge in [0.05, 0.1) is 0 Å². The van der Waals surface area contributed by atoms with E-state index in [0.717, 1.165) is 0 Å². The molecule has 0 amide bonds. The molecule has 0 saturated heterocycles. The van der Waals surface area contributed by atoms with Gasteiger partial charge in [-0.2, -0.15) is 0 Å². The van der Waals surface area contributed by atoms with Crippen molar-refractivity contribution in [3.63, 3.8) is 0 Å². The number of rotatable bonds is 2. The van der Waals surface area contributed by atoms with Crippen LogP contribution in [0.1, 0.15) is 27.7 Å². The van der Waals surface area contributed by atoms with E-state index in [1.54, 1.807) is 0 Å². The molecule has 0 aromatic heterocycles. The highest BCUT2D eigenvalue weighted by Gasteiger charge is 1.82. The average Bonchev–Trinajstić information content (AvgIpc) is 2.16. The first-order valence-electron chi connectivity index (χ1n) is 4.38. The van der Waals surface area contributed by atoms with Crippen molar-refractivity contribution in [1.29, 1.82) is 0 Å². The van der Waals surface area contributed by atoms with Crippen LogP contribution in [-0.4, -0.2) is 0 Å². The molecule has 0 heterocycles. The van der Waals surface area contributed by atoms with Gasteiger partial charge in [-0.15, -0.1) is 12.3 Å². The summed E-state index contributed by atoms with van der Waals surface area (Å²) in [4.78, 5) is 0. The van der Waals surface area contributed by atoms with E-state index in [0.29, 0.717) is 5.92 Å². The molecule has 0 atom stereocenters. The Hall–Kier alpha value is -1.22. The third kappa shape index (κ3) is 10.8. The molecule has 0 bridgehead atoms. The summed E-state index contributed by atoms with van der Waals surface area (Å²) < 4.78 is 0. The predicted octanol–water partition coefficient (Wildman–Crippen LogP) is 3.97. The van der Waals surface area contributed by atoms with E-state index < -0.39 is 0 Å². The molecule has 0 saturated carbocycles. The first-order valence-corrected chi connectivity index (χ1v) is 4.38. The minimum absolute atomic E-state index is 0.412. The lowest BCUT2D eigenvalue weighted by Crippen LogP contribution is -1.72. The summed E-state index contributed by atoms with van der Waals surface area (Å²) in [5.74, 6) is 2.94. The van der Waals surface area contributed by atoms with E-state index >= 15 is 0 Å². The van der Waals surface area contributed by atoms with E-state index in [-0.39, 0.29) is 0 Å². The normalized spacial score (nSPS) is 10.5. The van der Waals surface area contributed by atoms with Crippen molar-refractivity contribution in [3.05, 3.63) is 36.5 Å². The maximum absolute atomic E-state index is 4.92. The van der Waals surface area contributed by atoms with E-state index in [1.807, 2.05) is 39.8 Å². The summed E-state index contributed by atoms with van der Waals surface area (Å²) in [7, 11) is 0. The van der Waals surface area contributed by atoms with Gasteiger partial charge in [0, 0.05) is 5.92 Å². The molecule has 0 nitrogen and oxygen atoms in total. The fourth-order valence-corrected chi connectivity index (χ4v) is 0.322. The van der Waals surface area contributed by atoms with Crippen LogP contribution in [0.4, 0.5) is 0 Å². The van der Waals surface area contributed by atoms with Gasteiger partial charge in [-0.3, -0.25) is 0 Å². The molecule has 13 heavy (non-hydrogen) atoms. The van der Waals surface area contributed by atoms with Crippen LogP contribution in [0.2, 0.25) is 0 Å². The molecule has 0 fully saturated rings. The van der Waals surface area contributed by atoms with E-state index in [1.165, 1.54) is 11.1 Å². The van der Waals surface area contributed by atoms with Crippen LogP contribution in [-0.2, 0) is 0 Å². The van der Waals surface area contributed by atoms with Crippen molar-refractivity contribution in [2.45, 2.75) is 27.7 Å². The highest BCUT2D eigenvalue weighted by atomic mass is 13.9. The van der Waals surface area contributed by atoms with Crippen molar-refractivity contribution in [2.75, 3.05) is 0 Å². The zero-order valence-electron chi connectivity index (χ0n) is 9.22. The highest BCUT2D eigenvalue weighted by Crippen LogP contribution is 2.02. The largest absolute Gasteiger partial charge is 0.120 e. The molecule has 72 valence electrons. The molecule has 0 heteroatoms. The molecule has 0 aromatic carbocycles. The van der Waals surface area contributed by atoms with E-state index in [9.17, 15) is 0 Å². The summed E-state index contributed by atoms with van der Waals surface area (Å²) in [5, 5.41) is 0. The minimum atomic E-state index is 0.412. The lowest BCUT2D eigenvalue weighted by Gasteiger charge is -1.92. The monoisotopic (exact) mass is 176 g/mol. The number of hydrogen-bond acceptors (Lipinski definition) is 0. The van der Waals surface area contributed by atoms with Gasteiger partial charge in [-0.1, -0.05) is 39.2 Å². The van der Waals surface area contributed by atoms with Crippen LogP contribution in [0.3, 0.4) is 0 Å². The van der Waals surface area contributed by atoms with Gasteiger partial charge in [-0.05, 0) is 25.0 Å². The Labute approximate surface area is 83.1 Å². The standard InChI is InChI=1S/C8H12.C5H8/c1-5-7(3)8(4)6-2;1-4-5(2)3/h5-6H,1-2H2,3-4H3;1,5H,2-3H3/b8-7-;. The quantitative estimate of drug-likeness (QED) is 0.441. The Balaban J connectivity index is 0. The second-order valence-electron chi connectivity index (χ2n) is 3.10. The Bertz CT molecular complexity index is 205.